The molecule has 0 aromatic carbocycles. The number of anilines is 2. The van der Waals surface area contributed by atoms with Crippen molar-refractivity contribution in [3.8, 4) is 5.88 Å². The van der Waals surface area contributed by atoms with Crippen LogP contribution < -0.4 is 10.1 Å². The van der Waals surface area contributed by atoms with Gasteiger partial charge in [-0.05, 0) is 32.8 Å². The molecule has 4 rings (SSSR count). The number of hydrogen-bond acceptors (Lipinski definition) is 6. The van der Waals surface area contributed by atoms with Crippen LogP contribution in [0, 0.1) is 6.92 Å². The normalized spacial score (nSPS) is 17.8. The lowest BCUT2D eigenvalue weighted by Crippen LogP contribution is -2.23. The zero-order valence-electron chi connectivity index (χ0n) is 14.5. The van der Waals surface area contributed by atoms with E-state index in [1.807, 2.05) is 37.0 Å². The SMILES string of the molecule is CCOc1nc(Nc2cnn([C@H]3CCCOC3)c2C)nc2[nH]ccc12. The number of rotatable bonds is 5. The molecule has 8 heteroatoms. The van der Waals surface area contributed by atoms with Gasteiger partial charge in [-0.15, -0.1) is 0 Å². The predicted octanol–water partition coefficient (Wildman–Crippen LogP) is 2.96. The van der Waals surface area contributed by atoms with Crippen molar-refractivity contribution in [1.29, 1.82) is 0 Å². The van der Waals surface area contributed by atoms with Gasteiger partial charge < -0.3 is 19.8 Å². The number of aromatic amines is 1. The summed E-state index contributed by atoms with van der Waals surface area (Å²) in [6, 6.07) is 2.20. The first-order valence-electron chi connectivity index (χ1n) is 8.63. The summed E-state index contributed by atoms with van der Waals surface area (Å²) < 4.78 is 13.2. The highest BCUT2D eigenvalue weighted by molar-refractivity contribution is 5.82. The van der Waals surface area contributed by atoms with Crippen LogP contribution in [-0.2, 0) is 4.74 Å². The molecule has 132 valence electrons. The summed E-state index contributed by atoms with van der Waals surface area (Å²) >= 11 is 0. The molecule has 0 aliphatic carbocycles. The van der Waals surface area contributed by atoms with Crippen molar-refractivity contribution in [2.45, 2.75) is 32.7 Å². The molecule has 1 aliphatic rings. The van der Waals surface area contributed by atoms with Gasteiger partial charge in [0, 0.05) is 12.8 Å². The van der Waals surface area contributed by atoms with Gasteiger partial charge in [0.05, 0.1) is 42.2 Å². The minimum Gasteiger partial charge on any atom is -0.477 e. The molecule has 4 heterocycles. The lowest BCUT2D eigenvalue weighted by atomic mass is 10.1. The molecule has 3 aromatic rings. The van der Waals surface area contributed by atoms with Crippen LogP contribution in [0.2, 0.25) is 0 Å². The quantitative estimate of drug-likeness (QED) is 0.741. The molecule has 0 bridgehead atoms. The third-order valence-corrected chi connectivity index (χ3v) is 4.44. The summed E-state index contributed by atoms with van der Waals surface area (Å²) in [6.07, 6.45) is 5.79. The molecule has 0 radical (unpaired) electrons. The van der Waals surface area contributed by atoms with E-state index < -0.39 is 0 Å². The number of nitrogens with one attached hydrogen (secondary N) is 2. The fourth-order valence-corrected chi connectivity index (χ4v) is 3.17. The van der Waals surface area contributed by atoms with Crippen LogP contribution in [0.1, 0.15) is 31.5 Å². The maximum atomic E-state index is 5.64. The second-order valence-electron chi connectivity index (χ2n) is 6.11. The number of nitrogens with zero attached hydrogens (tertiary/aromatic N) is 4. The Labute approximate surface area is 145 Å². The molecule has 0 amide bonds. The smallest absolute Gasteiger partial charge is 0.232 e. The van der Waals surface area contributed by atoms with Crippen molar-refractivity contribution in [3.63, 3.8) is 0 Å². The van der Waals surface area contributed by atoms with E-state index in [9.17, 15) is 0 Å². The third-order valence-electron chi connectivity index (χ3n) is 4.44. The first-order chi connectivity index (χ1) is 12.3. The molecule has 3 aromatic heterocycles. The van der Waals surface area contributed by atoms with E-state index in [2.05, 4.69) is 25.4 Å². The summed E-state index contributed by atoms with van der Waals surface area (Å²) in [5.74, 6) is 1.06. The number of aromatic nitrogens is 5. The Morgan fingerprint density at radius 3 is 3.16 bits per heavy atom. The first-order valence-corrected chi connectivity index (χ1v) is 8.63. The van der Waals surface area contributed by atoms with Gasteiger partial charge in [0.25, 0.3) is 0 Å². The molecular weight excluding hydrogens is 320 g/mol. The van der Waals surface area contributed by atoms with Gasteiger partial charge in [-0.3, -0.25) is 4.68 Å². The molecule has 1 atom stereocenters. The summed E-state index contributed by atoms with van der Waals surface area (Å²) in [6.45, 7) is 6.08. The van der Waals surface area contributed by atoms with Crippen LogP contribution in [0.15, 0.2) is 18.5 Å². The Bertz CT molecular complexity index is 865. The molecule has 8 nitrogen and oxygen atoms in total. The molecule has 1 aliphatic heterocycles. The number of H-pyrrole nitrogens is 1. The predicted molar refractivity (Wildman–Crippen MR) is 94.4 cm³/mol. The van der Waals surface area contributed by atoms with E-state index in [0.717, 1.165) is 41.9 Å². The second kappa shape index (κ2) is 6.72. The van der Waals surface area contributed by atoms with Crippen molar-refractivity contribution < 1.29 is 9.47 Å². The van der Waals surface area contributed by atoms with Crippen LogP contribution in [0.5, 0.6) is 5.88 Å². The average Bonchev–Trinajstić information content (AvgIpc) is 3.24. The van der Waals surface area contributed by atoms with Crippen LogP contribution in [0.4, 0.5) is 11.6 Å². The Kier molecular flexibility index (Phi) is 4.27. The topological polar surface area (TPSA) is 89.9 Å². The standard InChI is InChI=1S/C17H22N6O2/c1-3-25-16-13-6-7-18-15(13)21-17(22-16)20-14-9-19-23(11(14)2)12-5-4-8-24-10-12/h6-7,9,12H,3-5,8,10H2,1-2H3,(H2,18,20,21,22)/t12-/m0/s1. The monoisotopic (exact) mass is 342 g/mol. The van der Waals surface area contributed by atoms with Crippen LogP contribution in [-0.4, -0.2) is 44.6 Å². The van der Waals surface area contributed by atoms with Crippen molar-refractivity contribution >= 4 is 22.7 Å². The van der Waals surface area contributed by atoms with Crippen molar-refractivity contribution in [3.05, 3.63) is 24.2 Å². The van der Waals surface area contributed by atoms with E-state index in [1.54, 1.807) is 0 Å². The van der Waals surface area contributed by atoms with E-state index in [1.165, 1.54) is 0 Å². The van der Waals surface area contributed by atoms with Crippen LogP contribution >= 0.6 is 0 Å². The molecule has 0 unspecified atom stereocenters. The van der Waals surface area contributed by atoms with Gasteiger partial charge in [0.1, 0.15) is 5.65 Å². The third kappa shape index (κ3) is 3.05. The van der Waals surface area contributed by atoms with E-state index in [-0.39, 0.29) is 6.04 Å². The minimum atomic E-state index is 0.287. The summed E-state index contributed by atoms with van der Waals surface area (Å²) in [5.41, 5.74) is 2.68. The van der Waals surface area contributed by atoms with Gasteiger partial charge in [-0.1, -0.05) is 0 Å². The van der Waals surface area contributed by atoms with Gasteiger partial charge in [-0.25, -0.2) is 0 Å². The van der Waals surface area contributed by atoms with E-state index >= 15 is 0 Å². The number of fused-ring (bicyclic) bond motifs is 1. The molecule has 2 N–H and O–H groups in total. The molecular formula is C17H22N6O2. The van der Waals surface area contributed by atoms with Crippen LogP contribution in [0.3, 0.4) is 0 Å². The Morgan fingerprint density at radius 2 is 2.36 bits per heavy atom. The summed E-state index contributed by atoms with van der Waals surface area (Å²) in [5, 5.41) is 8.67. The van der Waals surface area contributed by atoms with Crippen molar-refractivity contribution in [2.75, 3.05) is 25.1 Å². The van der Waals surface area contributed by atoms with Crippen molar-refractivity contribution in [2.24, 2.45) is 0 Å². The Hall–Kier alpha value is -2.61. The second-order valence-corrected chi connectivity index (χ2v) is 6.11. The summed E-state index contributed by atoms with van der Waals surface area (Å²) in [7, 11) is 0. The first kappa shape index (κ1) is 15.9. The number of hydrogen-bond donors (Lipinski definition) is 2. The fraction of sp³-hybridized carbons (Fsp3) is 0.471. The highest BCUT2D eigenvalue weighted by atomic mass is 16.5. The van der Waals surface area contributed by atoms with Gasteiger partial charge in [-0.2, -0.15) is 15.1 Å². The number of ether oxygens (including phenoxy) is 2. The molecule has 1 fully saturated rings. The molecule has 1 saturated heterocycles. The zero-order chi connectivity index (χ0) is 17.2. The molecule has 25 heavy (non-hydrogen) atoms. The van der Waals surface area contributed by atoms with E-state index in [4.69, 9.17) is 9.47 Å². The maximum absolute atomic E-state index is 5.64. The zero-order valence-corrected chi connectivity index (χ0v) is 14.5. The Balaban J connectivity index is 1.62. The minimum absolute atomic E-state index is 0.287. The fourth-order valence-electron chi connectivity index (χ4n) is 3.17. The van der Waals surface area contributed by atoms with Gasteiger partial charge in [0.2, 0.25) is 11.8 Å². The lowest BCUT2D eigenvalue weighted by Gasteiger charge is -2.23. The molecule has 0 saturated carbocycles. The van der Waals surface area contributed by atoms with Gasteiger partial charge in [0.15, 0.2) is 0 Å². The highest BCUT2D eigenvalue weighted by Gasteiger charge is 2.20. The van der Waals surface area contributed by atoms with Crippen LogP contribution in [0.25, 0.3) is 11.0 Å². The Morgan fingerprint density at radius 1 is 1.44 bits per heavy atom. The maximum Gasteiger partial charge on any atom is 0.232 e. The van der Waals surface area contributed by atoms with E-state index in [0.29, 0.717) is 25.0 Å². The summed E-state index contributed by atoms with van der Waals surface area (Å²) in [4.78, 5) is 12.1. The highest BCUT2D eigenvalue weighted by Crippen LogP contribution is 2.28. The lowest BCUT2D eigenvalue weighted by molar-refractivity contribution is 0.0542. The van der Waals surface area contributed by atoms with Crippen molar-refractivity contribution in [1.82, 2.24) is 24.7 Å². The largest absolute Gasteiger partial charge is 0.477 e. The average molecular weight is 342 g/mol. The van der Waals surface area contributed by atoms with Gasteiger partial charge >= 0.3 is 0 Å². The molecule has 0 spiro atoms.